The van der Waals surface area contributed by atoms with E-state index in [1.54, 1.807) is 33.0 Å². The lowest BCUT2D eigenvalue weighted by Gasteiger charge is -2.33. The summed E-state index contributed by atoms with van der Waals surface area (Å²) >= 11 is 0. The SMILES string of the molecule is COCCCOc1cc(C[C@@H](C[C@H]2[C@H](C[C@H](C(=O)NCC(C)(C)C(N)=O)C(C)C)OCN2C(=O)OCOC(=O)C23CCN(CC2)C3)C(C)C)ccc1OC. The van der Waals surface area contributed by atoms with Crippen molar-refractivity contribution in [2.75, 3.05) is 67.1 Å². The Labute approximate surface area is 321 Å². The van der Waals surface area contributed by atoms with Gasteiger partial charge in [-0.2, -0.15) is 0 Å². The van der Waals surface area contributed by atoms with Gasteiger partial charge in [-0.05, 0) is 94.5 Å². The number of benzene rings is 1. The fourth-order valence-electron chi connectivity index (χ4n) is 7.65. The van der Waals surface area contributed by atoms with Gasteiger partial charge in [0.1, 0.15) is 6.73 Å². The largest absolute Gasteiger partial charge is 0.493 e. The van der Waals surface area contributed by atoms with E-state index in [1.807, 2.05) is 32.0 Å². The first-order valence-electron chi connectivity index (χ1n) is 19.4. The molecule has 0 aliphatic carbocycles. The third-order valence-corrected chi connectivity index (χ3v) is 11.6. The van der Waals surface area contributed by atoms with E-state index in [0.717, 1.165) is 37.9 Å². The maximum atomic E-state index is 13.7. The summed E-state index contributed by atoms with van der Waals surface area (Å²) in [6.45, 7) is 14.7. The minimum atomic E-state index is -0.914. The van der Waals surface area contributed by atoms with E-state index in [2.05, 4.69) is 24.1 Å². The van der Waals surface area contributed by atoms with E-state index in [4.69, 9.17) is 34.2 Å². The van der Waals surface area contributed by atoms with Crippen molar-refractivity contribution in [2.24, 2.45) is 40.2 Å². The molecule has 304 valence electrons. The number of ether oxygens (including phenoxy) is 6. The number of esters is 1. The number of methoxy groups -OCH3 is 2. The van der Waals surface area contributed by atoms with Crippen LogP contribution in [0.25, 0.3) is 0 Å². The molecule has 14 nitrogen and oxygen atoms in total. The molecule has 0 radical (unpaired) electrons. The van der Waals surface area contributed by atoms with Gasteiger partial charge < -0.3 is 44.4 Å². The fraction of sp³-hybridized carbons (Fsp3) is 0.750. The Hall–Kier alpha value is -3.62. The number of carbonyl (C=O) groups excluding carboxylic acids is 4. The van der Waals surface area contributed by atoms with Crippen LogP contribution in [-0.4, -0.2) is 113 Å². The number of primary amides is 1. The second-order valence-corrected chi connectivity index (χ2v) is 16.6. The topological polar surface area (TPSA) is 168 Å². The van der Waals surface area contributed by atoms with Crippen LogP contribution in [0.1, 0.15) is 79.2 Å². The van der Waals surface area contributed by atoms with Crippen LogP contribution in [0.4, 0.5) is 4.79 Å². The van der Waals surface area contributed by atoms with Gasteiger partial charge in [0.2, 0.25) is 18.6 Å². The van der Waals surface area contributed by atoms with E-state index in [0.29, 0.717) is 50.5 Å². The van der Waals surface area contributed by atoms with E-state index < -0.39 is 47.7 Å². The van der Waals surface area contributed by atoms with Gasteiger partial charge in [0.25, 0.3) is 0 Å². The lowest BCUT2D eigenvalue weighted by Crippen LogP contribution is -2.47. The summed E-state index contributed by atoms with van der Waals surface area (Å²) in [5.74, 6) is 0.0533. The van der Waals surface area contributed by atoms with Crippen molar-refractivity contribution in [3.63, 3.8) is 0 Å². The summed E-state index contributed by atoms with van der Waals surface area (Å²) in [6, 6.07) is 5.50. The van der Waals surface area contributed by atoms with Crippen LogP contribution < -0.4 is 20.5 Å². The molecule has 3 amide bonds. The monoisotopic (exact) mass is 760 g/mol. The van der Waals surface area contributed by atoms with Gasteiger partial charge in [-0.1, -0.05) is 33.8 Å². The Kier molecular flexibility index (Phi) is 15.4. The number of amides is 3. The second kappa shape index (κ2) is 19.3. The zero-order valence-electron chi connectivity index (χ0n) is 33.6. The number of hydrogen-bond donors (Lipinski definition) is 2. The molecule has 3 N–H and O–H groups in total. The van der Waals surface area contributed by atoms with E-state index in [1.165, 1.54) is 0 Å². The zero-order valence-corrected chi connectivity index (χ0v) is 33.6. The first-order valence-corrected chi connectivity index (χ1v) is 19.4. The predicted molar refractivity (Wildman–Crippen MR) is 201 cm³/mol. The van der Waals surface area contributed by atoms with E-state index in [-0.39, 0.29) is 42.9 Å². The minimum absolute atomic E-state index is 0.0328. The van der Waals surface area contributed by atoms with Crippen LogP contribution in [0.2, 0.25) is 0 Å². The summed E-state index contributed by atoms with van der Waals surface area (Å²) in [7, 11) is 3.27. The molecule has 0 unspecified atom stereocenters. The molecule has 54 heavy (non-hydrogen) atoms. The highest BCUT2D eigenvalue weighted by Gasteiger charge is 2.50. The molecule has 3 fully saturated rings. The molecular formula is C40H64N4O10. The van der Waals surface area contributed by atoms with Gasteiger partial charge in [-0.25, -0.2) is 4.79 Å². The van der Waals surface area contributed by atoms with Gasteiger partial charge in [0, 0.05) is 39.1 Å². The highest BCUT2D eigenvalue weighted by Crippen LogP contribution is 2.41. The number of nitrogens with two attached hydrogens (primary N) is 1. The van der Waals surface area contributed by atoms with Crippen LogP contribution in [0.3, 0.4) is 0 Å². The molecule has 3 aliphatic rings. The van der Waals surface area contributed by atoms with Crippen molar-refractivity contribution >= 4 is 23.9 Å². The number of nitrogens with one attached hydrogen (secondary N) is 1. The van der Waals surface area contributed by atoms with Gasteiger partial charge in [-0.15, -0.1) is 0 Å². The number of nitrogens with zero attached hydrogens (tertiary/aromatic N) is 2. The molecule has 0 spiro atoms. The molecule has 14 heteroatoms. The lowest BCUT2D eigenvalue weighted by atomic mass is 9.80. The Morgan fingerprint density at radius 3 is 2.31 bits per heavy atom. The lowest BCUT2D eigenvalue weighted by molar-refractivity contribution is -0.163. The fourth-order valence-corrected chi connectivity index (χ4v) is 7.65. The average Bonchev–Trinajstić information content (AvgIpc) is 3.87. The standard InChI is InChI=1S/C40H64N4O10/c1-26(2)29(18-28-10-11-32(50-8)34(19-28)51-17-9-16-49-7)20-31-33(21-30(27(3)4)35(45)42-22-39(5,6)36(41)46)52-24-44(31)38(48)54-25-53-37(47)40-12-14-43(23-40)15-13-40/h10-11,19,26-27,29-31,33H,9,12-18,20-25H2,1-8H3,(H2,41,46)(H,42,45)/t29-,30-,31-,33-/m0/s1. The van der Waals surface area contributed by atoms with Crippen molar-refractivity contribution in [1.29, 1.82) is 0 Å². The Balaban J connectivity index is 1.51. The van der Waals surface area contributed by atoms with E-state index in [9.17, 15) is 19.2 Å². The number of fused-ring (bicyclic) bond motifs is 2. The van der Waals surface area contributed by atoms with Crippen LogP contribution in [0, 0.1) is 34.5 Å². The van der Waals surface area contributed by atoms with Crippen molar-refractivity contribution in [3.05, 3.63) is 23.8 Å². The third-order valence-electron chi connectivity index (χ3n) is 11.6. The highest BCUT2D eigenvalue weighted by molar-refractivity contribution is 5.83. The molecular weight excluding hydrogens is 696 g/mol. The number of piperidine rings is 1. The summed E-state index contributed by atoms with van der Waals surface area (Å²) in [4.78, 5) is 56.1. The molecule has 4 atom stereocenters. The van der Waals surface area contributed by atoms with Crippen molar-refractivity contribution in [1.82, 2.24) is 15.1 Å². The van der Waals surface area contributed by atoms with Gasteiger partial charge in [0.15, 0.2) is 11.5 Å². The molecule has 0 aromatic heterocycles. The molecule has 3 saturated heterocycles. The summed E-state index contributed by atoms with van der Waals surface area (Å²) in [5, 5.41) is 2.93. The van der Waals surface area contributed by atoms with Gasteiger partial charge in [-0.3, -0.25) is 19.3 Å². The van der Waals surface area contributed by atoms with Crippen LogP contribution in [0.5, 0.6) is 11.5 Å². The average molecular weight is 761 g/mol. The van der Waals surface area contributed by atoms with Crippen molar-refractivity contribution < 1.29 is 47.6 Å². The zero-order chi connectivity index (χ0) is 39.6. The summed E-state index contributed by atoms with van der Waals surface area (Å²) in [5.41, 5.74) is 5.18. The molecule has 4 rings (SSSR count). The Bertz CT molecular complexity index is 1430. The predicted octanol–water partition coefficient (Wildman–Crippen LogP) is 4.37. The van der Waals surface area contributed by atoms with Crippen molar-refractivity contribution in [2.45, 2.75) is 92.2 Å². The van der Waals surface area contributed by atoms with Crippen LogP contribution in [-0.2, 0) is 39.8 Å². The quantitative estimate of drug-likeness (QED) is 0.104. The molecule has 0 saturated carbocycles. The molecule has 1 aromatic rings. The number of rotatable bonds is 21. The molecule has 3 heterocycles. The Morgan fingerprint density at radius 1 is 1.00 bits per heavy atom. The van der Waals surface area contributed by atoms with E-state index >= 15 is 0 Å². The first kappa shape index (κ1) is 43.1. The van der Waals surface area contributed by atoms with Crippen LogP contribution >= 0.6 is 0 Å². The summed E-state index contributed by atoms with van der Waals surface area (Å²) in [6.07, 6.45) is 2.71. The number of carbonyl (C=O) groups is 4. The first-order chi connectivity index (χ1) is 25.6. The van der Waals surface area contributed by atoms with Gasteiger partial charge in [0.05, 0.1) is 36.7 Å². The minimum Gasteiger partial charge on any atom is -0.493 e. The third kappa shape index (κ3) is 11.0. The second-order valence-electron chi connectivity index (χ2n) is 16.6. The smallest absolute Gasteiger partial charge is 0.414 e. The summed E-state index contributed by atoms with van der Waals surface area (Å²) < 4.78 is 34.2. The Morgan fingerprint density at radius 2 is 1.72 bits per heavy atom. The van der Waals surface area contributed by atoms with Crippen LogP contribution in [0.15, 0.2) is 18.2 Å². The number of hydrogen-bond acceptors (Lipinski definition) is 11. The van der Waals surface area contributed by atoms with Gasteiger partial charge >= 0.3 is 12.1 Å². The molecule has 3 aliphatic heterocycles. The molecule has 2 bridgehead atoms. The molecule has 1 aromatic carbocycles. The maximum Gasteiger partial charge on any atom is 0.414 e. The van der Waals surface area contributed by atoms with Crippen molar-refractivity contribution in [3.8, 4) is 11.5 Å². The normalized spacial score (nSPS) is 23.4. The maximum absolute atomic E-state index is 13.7. The highest BCUT2D eigenvalue weighted by atomic mass is 16.7.